The van der Waals surface area contributed by atoms with Gasteiger partial charge in [-0.2, -0.15) is 0 Å². The Kier molecular flexibility index (Phi) is 3.23. The molecular formula is C11H16N2. The fourth-order valence-corrected chi connectivity index (χ4v) is 1.20. The maximum absolute atomic E-state index is 5.99. The zero-order valence-electron chi connectivity index (χ0n) is 7.74. The lowest BCUT2D eigenvalue weighted by atomic mass is 9.92. The van der Waals surface area contributed by atoms with Gasteiger partial charge in [-0.3, -0.25) is 0 Å². The van der Waals surface area contributed by atoms with E-state index in [4.69, 9.17) is 11.5 Å². The molecule has 1 unspecified atom stereocenters. The third-order valence-electron chi connectivity index (χ3n) is 2.16. The maximum atomic E-state index is 5.99. The van der Waals surface area contributed by atoms with E-state index < -0.39 is 5.54 Å². The molecule has 0 bridgehead atoms. The normalized spacial score (nSPS) is 14.9. The first-order valence-electron chi connectivity index (χ1n) is 4.37. The average Bonchev–Trinajstić information content (AvgIpc) is 2.19. The van der Waals surface area contributed by atoms with Crippen molar-refractivity contribution in [3.8, 4) is 0 Å². The van der Waals surface area contributed by atoms with Crippen molar-refractivity contribution in [3.05, 3.63) is 48.6 Å². The summed E-state index contributed by atoms with van der Waals surface area (Å²) in [7, 11) is 0. The van der Waals surface area contributed by atoms with Crippen LogP contribution in [0.4, 0.5) is 0 Å². The highest BCUT2D eigenvalue weighted by molar-refractivity contribution is 5.20. The van der Waals surface area contributed by atoms with Crippen LogP contribution in [0.2, 0.25) is 0 Å². The molecule has 0 aromatic heterocycles. The third-order valence-corrected chi connectivity index (χ3v) is 2.16. The second-order valence-electron chi connectivity index (χ2n) is 3.30. The van der Waals surface area contributed by atoms with Crippen LogP contribution in [0.25, 0.3) is 0 Å². The number of rotatable bonds is 4. The second-order valence-corrected chi connectivity index (χ2v) is 3.30. The highest BCUT2D eigenvalue weighted by atomic mass is 14.8. The van der Waals surface area contributed by atoms with E-state index in [1.165, 1.54) is 5.56 Å². The van der Waals surface area contributed by atoms with Crippen LogP contribution in [0.5, 0.6) is 0 Å². The largest absolute Gasteiger partial charge is 0.328 e. The van der Waals surface area contributed by atoms with Crippen molar-refractivity contribution < 1.29 is 0 Å². The van der Waals surface area contributed by atoms with Crippen molar-refractivity contribution in [2.75, 3.05) is 6.54 Å². The van der Waals surface area contributed by atoms with E-state index in [1.807, 2.05) is 30.3 Å². The van der Waals surface area contributed by atoms with Gasteiger partial charge >= 0.3 is 0 Å². The molecule has 2 heteroatoms. The van der Waals surface area contributed by atoms with E-state index >= 15 is 0 Å². The summed E-state index contributed by atoms with van der Waals surface area (Å²) in [4.78, 5) is 0. The average molecular weight is 176 g/mol. The number of nitrogens with two attached hydrogens (primary N) is 2. The summed E-state index contributed by atoms with van der Waals surface area (Å²) < 4.78 is 0. The van der Waals surface area contributed by atoms with Crippen LogP contribution in [-0.2, 0) is 6.42 Å². The van der Waals surface area contributed by atoms with Gasteiger partial charge in [-0.1, -0.05) is 36.4 Å². The van der Waals surface area contributed by atoms with E-state index in [-0.39, 0.29) is 0 Å². The van der Waals surface area contributed by atoms with Gasteiger partial charge in [-0.25, -0.2) is 0 Å². The Labute approximate surface area is 79.2 Å². The van der Waals surface area contributed by atoms with Crippen molar-refractivity contribution in [3.63, 3.8) is 0 Å². The van der Waals surface area contributed by atoms with Crippen molar-refractivity contribution >= 4 is 0 Å². The molecule has 1 aromatic rings. The predicted molar refractivity (Wildman–Crippen MR) is 56.3 cm³/mol. The van der Waals surface area contributed by atoms with Gasteiger partial charge in [0.2, 0.25) is 0 Å². The summed E-state index contributed by atoms with van der Waals surface area (Å²) in [6, 6.07) is 10.1. The summed E-state index contributed by atoms with van der Waals surface area (Å²) in [5, 5.41) is 0. The molecule has 4 N–H and O–H groups in total. The minimum atomic E-state index is -0.471. The van der Waals surface area contributed by atoms with Gasteiger partial charge in [0.15, 0.2) is 0 Å². The van der Waals surface area contributed by atoms with Gasteiger partial charge in [0.1, 0.15) is 0 Å². The molecule has 0 saturated carbocycles. The lowest BCUT2D eigenvalue weighted by Gasteiger charge is -2.23. The monoisotopic (exact) mass is 176 g/mol. The quantitative estimate of drug-likeness (QED) is 0.674. The SMILES string of the molecule is C=CC(N)(CN)Cc1ccccc1. The molecule has 0 aliphatic heterocycles. The molecule has 1 aromatic carbocycles. The Balaban J connectivity index is 2.73. The molecule has 0 heterocycles. The van der Waals surface area contributed by atoms with Crippen molar-refractivity contribution in [1.29, 1.82) is 0 Å². The first kappa shape index (κ1) is 9.96. The summed E-state index contributed by atoms with van der Waals surface area (Å²) in [6.45, 7) is 4.12. The van der Waals surface area contributed by atoms with Crippen LogP contribution >= 0.6 is 0 Å². The highest BCUT2D eigenvalue weighted by Gasteiger charge is 2.18. The van der Waals surface area contributed by atoms with Gasteiger partial charge in [0.25, 0.3) is 0 Å². The third kappa shape index (κ3) is 2.68. The molecule has 70 valence electrons. The van der Waals surface area contributed by atoms with Crippen LogP contribution in [0, 0.1) is 0 Å². The minimum absolute atomic E-state index is 0.422. The molecule has 0 fully saturated rings. The van der Waals surface area contributed by atoms with E-state index in [0.29, 0.717) is 6.54 Å². The first-order chi connectivity index (χ1) is 6.20. The lowest BCUT2D eigenvalue weighted by Crippen LogP contribution is -2.46. The zero-order valence-corrected chi connectivity index (χ0v) is 7.74. The van der Waals surface area contributed by atoms with Crippen LogP contribution in [-0.4, -0.2) is 12.1 Å². The molecule has 0 spiro atoms. The Morgan fingerprint density at radius 3 is 2.38 bits per heavy atom. The number of hydrogen-bond acceptors (Lipinski definition) is 2. The van der Waals surface area contributed by atoms with Crippen LogP contribution < -0.4 is 11.5 Å². The number of hydrogen-bond donors (Lipinski definition) is 2. The summed E-state index contributed by atoms with van der Waals surface area (Å²) in [6.07, 6.45) is 2.47. The van der Waals surface area contributed by atoms with Gasteiger partial charge in [0.05, 0.1) is 5.54 Å². The Hall–Kier alpha value is -1.12. The number of benzene rings is 1. The molecule has 2 nitrogen and oxygen atoms in total. The van der Waals surface area contributed by atoms with E-state index in [2.05, 4.69) is 6.58 Å². The smallest absolute Gasteiger partial charge is 0.0501 e. The topological polar surface area (TPSA) is 52.0 Å². The molecule has 0 aliphatic rings. The molecule has 1 rings (SSSR count). The van der Waals surface area contributed by atoms with Gasteiger partial charge in [-0.05, 0) is 12.0 Å². The van der Waals surface area contributed by atoms with Crippen LogP contribution in [0.1, 0.15) is 5.56 Å². The Morgan fingerprint density at radius 1 is 1.31 bits per heavy atom. The van der Waals surface area contributed by atoms with Crippen LogP contribution in [0.3, 0.4) is 0 Å². The Morgan fingerprint density at radius 2 is 1.92 bits per heavy atom. The minimum Gasteiger partial charge on any atom is -0.328 e. The van der Waals surface area contributed by atoms with E-state index in [1.54, 1.807) is 6.08 Å². The first-order valence-corrected chi connectivity index (χ1v) is 4.37. The summed E-state index contributed by atoms with van der Waals surface area (Å²) in [5.41, 5.74) is 12.3. The molecular weight excluding hydrogens is 160 g/mol. The van der Waals surface area contributed by atoms with E-state index in [9.17, 15) is 0 Å². The van der Waals surface area contributed by atoms with Crippen molar-refractivity contribution in [2.45, 2.75) is 12.0 Å². The van der Waals surface area contributed by atoms with Crippen LogP contribution in [0.15, 0.2) is 43.0 Å². The molecule has 0 radical (unpaired) electrons. The summed E-state index contributed by atoms with van der Waals surface area (Å²) in [5.74, 6) is 0. The standard InChI is InChI=1S/C11H16N2/c1-2-11(13,9-12)8-10-6-4-3-5-7-10/h2-7H,1,8-9,12-13H2. The Bertz CT molecular complexity index is 269. The second kappa shape index (κ2) is 4.21. The lowest BCUT2D eigenvalue weighted by molar-refractivity contribution is 0.538. The van der Waals surface area contributed by atoms with Crippen molar-refractivity contribution in [1.82, 2.24) is 0 Å². The van der Waals surface area contributed by atoms with Gasteiger partial charge in [0, 0.05) is 6.54 Å². The fraction of sp³-hybridized carbons (Fsp3) is 0.273. The molecule has 0 aliphatic carbocycles. The highest BCUT2D eigenvalue weighted by Crippen LogP contribution is 2.10. The zero-order chi connectivity index (χ0) is 9.73. The van der Waals surface area contributed by atoms with Gasteiger partial charge in [-0.15, -0.1) is 6.58 Å². The summed E-state index contributed by atoms with van der Waals surface area (Å²) >= 11 is 0. The molecule has 0 saturated heterocycles. The molecule has 0 amide bonds. The molecule has 13 heavy (non-hydrogen) atoms. The predicted octanol–water partition coefficient (Wildman–Crippen LogP) is 1.07. The fourth-order valence-electron chi connectivity index (χ4n) is 1.20. The van der Waals surface area contributed by atoms with Crippen molar-refractivity contribution in [2.24, 2.45) is 11.5 Å². The maximum Gasteiger partial charge on any atom is 0.0501 e. The van der Waals surface area contributed by atoms with E-state index in [0.717, 1.165) is 6.42 Å². The van der Waals surface area contributed by atoms with Gasteiger partial charge < -0.3 is 11.5 Å². The molecule has 1 atom stereocenters.